The molecule has 1 heterocycles. The maximum absolute atomic E-state index is 13.6. The average molecular weight is 426 g/mol. The number of hydrogen-bond acceptors (Lipinski definition) is 2. The molecular formula is C30H35NO. The van der Waals surface area contributed by atoms with E-state index in [1.807, 2.05) is 0 Å². The maximum atomic E-state index is 13.6. The maximum Gasteiger partial charge on any atom is 0.157 e. The van der Waals surface area contributed by atoms with E-state index in [0.717, 1.165) is 25.7 Å². The Bertz CT molecular complexity index is 976. The summed E-state index contributed by atoms with van der Waals surface area (Å²) in [5.74, 6) is 2.69. The van der Waals surface area contributed by atoms with E-state index in [1.54, 1.807) is 0 Å². The average Bonchev–Trinajstić information content (AvgIpc) is 3.43. The van der Waals surface area contributed by atoms with Crippen LogP contribution in [-0.4, -0.2) is 17.5 Å². The van der Waals surface area contributed by atoms with Gasteiger partial charge in [-0.15, -0.1) is 0 Å². The number of fused-ring (bicyclic) bond motifs is 1. The van der Waals surface area contributed by atoms with Crippen LogP contribution in [0, 0.1) is 23.7 Å². The number of allylic oxidation sites excluding steroid dienone is 2. The molecule has 6 atom stereocenters. The molecule has 1 aliphatic heterocycles. The molecule has 2 aromatic carbocycles. The Morgan fingerprint density at radius 2 is 1.75 bits per heavy atom. The van der Waals surface area contributed by atoms with Crippen LogP contribution in [0.4, 0.5) is 0 Å². The van der Waals surface area contributed by atoms with E-state index in [2.05, 4.69) is 79.7 Å². The lowest BCUT2D eigenvalue weighted by atomic mass is 9.70. The fourth-order valence-electron chi connectivity index (χ4n) is 6.37. The summed E-state index contributed by atoms with van der Waals surface area (Å²) >= 11 is 0. The summed E-state index contributed by atoms with van der Waals surface area (Å²) in [4.78, 5) is 18.8. The molecule has 1 fully saturated rings. The highest BCUT2D eigenvalue weighted by atomic mass is 16.1. The van der Waals surface area contributed by atoms with Gasteiger partial charge in [-0.1, -0.05) is 86.2 Å². The lowest BCUT2D eigenvalue weighted by molar-refractivity contribution is -0.121. The molecule has 0 saturated heterocycles. The van der Waals surface area contributed by atoms with Crippen LogP contribution in [0.15, 0.2) is 77.8 Å². The number of aliphatic imine (C=N–C) groups is 1. The molecule has 2 nitrogen and oxygen atoms in total. The second-order valence-electron chi connectivity index (χ2n) is 10.1. The minimum absolute atomic E-state index is 0.196. The third kappa shape index (κ3) is 4.37. The fourth-order valence-corrected chi connectivity index (χ4v) is 6.37. The van der Waals surface area contributed by atoms with Gasteiger partial charge in [0, 0.05) is 29.9 Å². The number of carbonyl (C=O) groups is 1. The van der Waals surface area contributed by atoms with Crippen LogP contribution in [-0.2, 0) is 11.2 Å². The van der Waals surface area contributed by atoms with Crippen molar-refractivity contribution in [2.24, 2.45) is 28.7 Å². The molecule has 2 heteroatoms. The van der Waals surface area contributed by atoms with Crippen molar-refractivity contribution in [2.45, 2.75) is 63.8 Å². The quantitative estimate of drug-likeness (QED) is 0.448. The smallest absolute Gasteiger partial charge is 0.157 e. The van der Waals surface area contributed by atoms with Crippen LogP contribution in [0.1, 0.15) is 62.5 Å². The fraction of sp³-hybridized carbons (Fsp3) is 0.467. The van der Waals surface area contributed by atoms with E-state index < -0.39 is 0 Å². The van der Waals surface area contributed by atoms with Crippen LogP contribution in [0.3, 0.4) is 0 Å². The number of nitrogens with zero attached hydrogens (tertiary/aromatic N) is 1. The molecule has 0 aromatic heterocycles. The number of carbonyl (C=O) groups excluding carboxylic acids is 1. The molecule has 0 spiro atoms. The van der Waals surface area contributed by atoms with E-state index in [1.165, 1.54) is 29.7 Å². The van der Waals surface area contributed by atoms with Crippen LogP contribution in [0.25, 0.3) is 0 Å². The first-order valence-corrected chi connectivity index (χ1v) is 12.6. The number of ketones is 1. The predicted molar refractivity (Wildman–Crippen MR) is 132 cm³/mol. The molecule has 166 valence electrons. The Kier molecular flexibility index (Phi) is 6.39. The first-order chi connectivity index (χ1) is 15.7. The Morgan fingerprint density at radius 1 is 1.00 bits per heavy atom. The molecule has 0 radical (unpaired) electrons. The van der Waals surface area contributed by atoms with Gasteiger partial charge in [-0.25, -0.2) is 0 Å². The summed E-state index contributed by atoms with van der Waals surface area (Å²) in [7, 11) is 0. The molecule has 6 unspecified atom stereocenters. The van der Waals surface area contributed by atoms with Crippen molar-refractivity contribution < 1.29 is 4.79 Å². The van der Waals surface area contributed by atoms with E-state index in [9.17, 15) is 4.79 Å². The molecule has 0 N–H and O–H groups in total. The van der Waals surface area contributed by atoms with E-state index in [4.69, 9.17) is 4.99 Å². The zero-order chi connectivity index (χ0) is 21.9. The van der Waals surface area contributed by atoms with Crippen LogP contribution < -0.4 is 0 Å². The van der Waals surface area contributed by atoms with Gasteiger partial charge in [0.05, 0.1) is 0 Å². The van der Waals surface area contributed by atoms with Crippen LogP contribution in [0.5, 0.6) is 0 Å². The number of hydrogen-bond donors (Lipinski definition) is 0. The lowest BCUT2D eigenvalue weighted by Crippen LogP contribution is -2.32. The number of Topliss-reactive ketones (excluding diaryl/α,β-unsaturated/α-hetero) is 1. The van der Waals surface area contributed by atoms with E-state index >= 15 is 0 Å². The molecule has 32 heavy (non-hydrogen) atoms. The second kappa shape index (κ2) is 9.57. The molecule has 1 saturated carbocycles. The van der Waals surface area contributed by atoms with Gasteiger partial charge in [0.2, 0.25) is 0 Å². The Hall–Kier alpha value is -2.48. The normalized spacial score (nSPS) is 31.3. The van der Waals surface area contributed by atoms with Crippen molar-refractivity contribution >= 4 is 11.5 Å². The lowest BCUT2D eigenvalue weighted by Gasteiger charge is -2.32. The topological polar surface area (TPSA) is 29.4 Å². The molecule has 0 amide bonds. The zero-order valence-electron chi connectivity index (χ0n) is 19.2. The molecule has 3 aliphatic rings. The minimum atomic E-state index is -0.196. The molecule has 0 bridgehead atoms. The Balaban J connectivity index is 1.39. The van der Waals surface area contributed by atoms with Crippen molar-refractivity contribution in [1.29, 1.82) is 0 Å². The van der Waals surface area contributed by atoms with Gasteiger partial charge in [-0.3, -0.25) is 9.79 Å². The minimum Gasteiger partial charge on any atom is -0.297 e. The van der Waals surface area contributed by atoms with Gasteiger partial charge in [-0.05, 0) is 55.1 Å². The highest BCUT2D eigenvalue weighted by Crippen LogP contribution is 2.46. The van der Waals surface area contributed by atoms with Crippen molar-refractivity contribution in [2.75, 3.05) is 0 Å². The summed E-state index contributed by atoms with van der Waals surface area (Å²) in [6.07, 6.45) is 12.0. The molecular weight excluding hydrogens is 390 g/mol. The monoisotopic (exact) mass is 425 g/mol. The third-order valence-electron chi connectivity index (χ3n) is 8.15. The highest BCUT2D eigenvalue weighted by Gasteiger charge is 2.46. The van der Waals surface area contributed by atoms with Gasteiger partial charge in [0.25, 0.3) is 0 Å². The Labute approximate surface area is 192 Å². The molecule has 2 aliphatic carbocycles. The summed E-state index contributed by atoms with van der Waals surface area (Å²) in [6.45, 7) is 2.28. The van der Waals surface area contributed by atoms with Gasteiger partial charge < -0.3 is 0 Å². The number of rotatable bonds is 7. The summed E-state index contributed by atoms with van der Waals surface area (Å²) in [5.41, 5.74) is 4.02. The Morgan fingerprint density at radius 3 is 2.47 bits per heavy atom. The summed E-state index contributed by atoms with van der Waals surface area (Å²) < 4.78 is 0. The highest BCUT2D eigenvalue weighted by molar-refractivity contribution is 5.98. The van der Waals surface area contributed by atoms with Crippen molar-refractivity contribution in [1.82, 2.24) is 0 Å². The summed E-state index contributed by atoms with van der Waals surface area (Å²) in [5, 5.41) is 0. The van der Waals surface area contributed by atoms with Crippen molar-refractivity contribution in [3.8, 4) is 0 Å². The van der Waals surface area contributed by atoms with Gasteiger partial charge in [0.1, 0.15) is 6.04 Å². The summed E-state index contributed by atoms with van der Waals surface area (Å²) in [6, 6.07) is 21.3. The largest absolute Gasteiger partial charge is 0.297 e. The standard InChI is InChI=1S/C30H35NO/c1-21-10-8-15-23(21)18-19-27(32)30-28(24-13-6-3-7-14-24)26-17-9-16-25(29(26)31-30)20-22-11-4-2-5-12-22/h2-8,10-14,21,23,25-26,28,30H,9,15-20H2,1H3. The zero-order valence-corrected chi connectivity index (χ0v) is 19.2. The van der Waals surface area contributed by atoms with Gasteiger partial charge >= 0.3 is 0 Å². The first-order valence-electron chi connectivity index (χ1n) is 12.6. The van der Waals surface area contributed by atoms with E-state index in [0.29, 0.717) is 35.9 Å². The van der Waals surface area contributed by atoms with Gasteiger partial charge in [0.15, 0.2) is 5.78 Å². The van der Waals surface area contributed by atoms with Crippen molar-refractivity contribution in [3.63, 3.8) is 0 Å². The predicted octanol–water partition coefficient (Wildman–Crippen LogP) is 6.81. The second-order valence-corrected chi connectivity index (χ2v) is 10.1. The third-order valence-corrected chi connectivity index (χ3v) is 8.15. The van der Waals surface area contributed by atoms with Crippen molar-refractivity contribution in [3.05, 3.63) is 83.9 Å². The number of benzene rings is 2. The first kappa shape index (κ1) is 21.4. The van der Waals surface area contributed by atoms with Gasteiger partial charge in [-0.2, -0.15) is 0 Å². The van der Waals surface area contributed by atoms with Crippen LogP contribution >= 0.6 is 0 Å². The van der Waals surface area contributed by atoms with E-state index in [-0.39, 0.29) is 12.0 Å². The van der Waals surface area contributed by atoms with Crippen LogP contribution in [0.2, 0.25) is 0 Å². The SMILES string of the molecule is CC1C=CCC1CCC(=O)C1N=C2C(Cc3ccccc3)CCCC2C1c1ccccc1. The molecule has 2 aromatic rings. The molecule has 5 rings (SSSR count).